The Kier molecular flexibility index (Phi) is 6.10. The second-order valence-electron chi connectivity index (χ2n) is 8.44. The Labute approximate surface area is 192 Å². The Morgan fingerprint density at radius 1 is 1.22 bits per heavy atom. The zero-order valence-corrected chi connectivity index (χ0v) is 19.3. The molecule has 0 spiro atoms. The van der Waals surface area contributed by atoms with Crippen LogP contribution in [-0.2, 0) is 11.3 Å². The molecule has 1 aromatic carbocycles. The van der Waals surface area contributed by atoms with E-state index in [1.807, 2.05) is 29.5 Å². The highest BCUT2D eigenvalue weighted by Crippen LogP contribution is 2.40. The number of nitrogens with one attached hydrogen (secondary N) is 2. The van der Waals surface area contributed by atoms with Crippen LogP contribution >= 0.6 is 11.3 Å². The summed E-state index contributed by atoms with van der Waals surface area (Å²) in [5.41, 5.74) is 10.6. The van der Waals surface area contributed by atoms with Gasteiger partial charge >= 0.3 is 0 Å². The van der Waals surface area contributed by atoms with Crippen molar-refractivity contribution in [2.75, 3.05) is 63.1 Å². The van der Waals surface area contributed by atoms with E-state index < -0.39 is 0 Å². The second kappa shape index (κ2) is 9.15. The van der Waals surface area contributed by atoms with Crippen LogP contribution in [0.3, 0.4) is 0 Å². The van der Waals surface area contributed by atoms with E-state index in [1.165, 1.54) is 26.7 Å². The largest absolute Gasteiger partial charge is 0.398 e. The summed E-state index contributed by atoms with van der Waals surface area (Å²) >= 11 is 1.88. The molecule has 4 N–H and O–H groups in total. The van der Waals surface area contributed by atoms with Crippen LogP contribution in [0.5, 0.6) is 0 Å². The number of aryl methyl sites for hydroxylation is 1. The van der Waals surface area contributed by atoms with Gasteiger partial charge in [0.1, 0.15) is 5.82 Å². The lowest BCUT2D eigenvalue weighted by Crippen LogP contribution is -2.42. The van der Waals surface area contributed by atoms with Crippen molar-refractivity contribution in [3.63, 3.8) is 0 Å². The van der Waals surface area contributed by atoms with E-state index >= 15 is 0 Å². The second-order valence-corrected chi connectivity index (χ2v) is 9.54. The van der Waals surface area contributed by atoms with Crippen LogP contribution in [0.4, 0.5) is 11.5 Å². The summed E-state index contributed by atoms with van der Waals surface area (Å²) < 4.78 is 6.85. The van der Waals surface area contributed by atoms with Gasteiger partial charge in [-0.15, -0.1) is 11.3 Å². The minimum absolute atomic E-state index is 0.605. The molecule has 0 bridgehead atoms. The number of pyridine rings is 1. The molecular weight excluding hydrogens is 420 g/mol. The van der Waals surface area contributed by atoms with Crippen molar-refractivity contribution in [1.82, 2.24) is 15.2 Å². The van der Waals surface area contributed by atoms with Crippen molar-refractivity contribution in [2.45, 2.75) is 13.5 Å². The first-order valence-corrected chi connectivity index (χ1v) is 12.1. The Hall–Kier alpha value is -2.52. The van der Waals surface area contributed by atoms with Gasteiger partial charge in [-0.1, -0.05) is 12.1 Å². The summed E-state index contributed by atoms with van der Waals surface area (Å²) in [6.07, 6.45) is 1.33. The Morgan fingerprint density at radius 2 is 2.00 bits per heavy atom. The van der Waals surface area contributed by atoms with Gasteiger partial charge in [0, 0.05) is 79.1 Å². The third-order valence-corrected chi connectivity index (χ3v) is 7.74. The predicted molar refractivity (Wildman–Crippen MR) is 133 cm³/mol. The molecule has 0 aliphatic carbocycles. The molecule has 8 heteroatoms. The number of anilines is 2. The molecular formula is C24H30N6OS. The molecule has 5 rings (SSSR count). The van der Waals surface area contributed by atoms with E-state index in [4.69, 9.17) is 20.9 Å². The first-order chi connectivity index (χ1) is 15.7. The number of benzene rings is 1. The number of thiophene rings is 1. The first-order valence-electron chi connectivity index (χ1n) is 11.2. The molecule has 2 saturated heterocycles. The molecule has 2 aliphatic heterocycles. The number of ether oxygens (including phenoxy) is 1. The maximum atomic E-state index is 7.91. The molecule has 32 heavy (non-hydrogen) atoms. The maximum absolute atomic E-state index is 7.91. The smallest absolute Gasteiger partial charge is 0.147 e. The van der Waals surface area contributed by atoms with Gasteiger partial charge in [-0.25, -0.2) is 4.98 Å². The third kappa shape index (κ3) is 3.99. The summed E-state index contributed by atoms with van der Waals surface area (Å²) in [7, 11) is 0. The number of nitrogens with two attached hydrogens (primary N) is 1. The summed E-state index contributed by atoms with van der Waals surface area (Å²) in [6.45, 7) is 10.6. The highest BCUT2D eigenvalue weighted by molar-refractivity contribution is 7.19. The van der Waals surface area contributed by atoms with Crippen molar-refractivity contribution in [1.29, 1.82) is 5.41 Å². The Balaban J connectivity index is 1.65. The molecule has 0 saturated carbocycles. The molecule has 0 atom stereocenters. The lowest BCUT2D eigenvalue weighted by molar-refractivity contribution is 0.122. The molecule has 2 fully saturated rings. The number of nitrogens with zero attached hydrogens (tertiary/aromatic N) is 3. The van der Waals surface area contributed by atoms with Crippen molar-refractivity contribution in [2.24, 2.45) is 0 Å². The van der Waals surface area contributed by atoms with E-state index in [0.717, 1.165) is 81.7 Å². The fraction of sp³-hybridized carbons (Fsp3) is 0.417. The molecule has 2 aliphatic rings. The van der Waals surface area contributed by atoms with E-state index in [2.05, 4.69) is 28.1 Å². The van der Waals surface area contributed by atoms with Gasteiger partial charge in [0.2, 0.25) is 0 Å². The number of morpholine rings is 1. The number of hydrogen-bond acceptors (Lipinski definition) is 8. The number of hydrogen-bond donors (Lipinski definition) is 3. The average Bonchev–Trinajstić information content (AvgIpc) is 3.14. The number of nitrogen functional groups attached to an aromatic ring is 1. The lowest BCUT2D eigenvalue weighted by atomic mass is 10.0. The fourth-order valence-electron chi connectivity index (χ4n) is 4.57. The van der Waals surface area contributed by atoms with Crippen LogP contribution in [0.2, 0.25) is 0 Å². The monoisotopic (exact) mass is 450 g/mol. The average molecular weight is 451 g/mol. The zero-order chi connectivity index (χ0) is 22.1. The highest BCUT2D eigenvalue weighted by Gasteiger charge is 2.23. The molecule has 0 unspecified atom stereocenters. The molecule has 0 radical (unpaired) electrons. The number of fused-ring (bicyclic) bond motifs is 1. The van der Waals surface area contributed by atoms with Crippen LogP contribution < -0.4 is 16.0 Å². The minimum atomic E-state index is 0.605. The molecule has 3 aromatic rings. The van der Waals surface area contributed by atoms with Crippen LogP contribution in [0.25, 0.3) is 21.3 Å². The Bertz CT molecular complexity index is 1130. The van der Waals surface area contributed by atoms with Crippen LogP contribution in [0.15, 0.2) is 24.3 Å². The molecule has 2 aromatic heterocycles. The lowest BCUT2D eigenvalue weighted by Gasteiger charge is -2.28. The highest BCUT2D eigenvalue weighted by atomic mass is 32.1. The summed E-state index contributed by atoms with van der Waals surface area (Å²) in [5.74, 6) is 1.03. The summed E-state index contributed by atoms with van der Waals surface area (Å²) in [5, 5.41) is 12.6. The van der Waals surface area contributed by atoms with Gasteiger partial charge in [0.15, 0.2) is 0 Å². The van der Waals surface area contributed by atoms with Gasteiger partial charge in [-0.3, -0.25) is 4.90 Å². The van der Waals surface area contributed by atoms with Crippen LogP contribution in [0.1, 0.15) is 16.0 Å². The van der Waals surface area contributed by atoms with Gasteiger partial charge in [0.05, 0.1) is 23.6 Å². The maximum Gasteiger partial charge on any atom is 0.147 e. The number of aromatic nitrogens is 1. The molecule has 4 heterocycles. The predicted octanol–water partition coefficient (Wildman–Crippen LogP) is 3.09. The van der Waals surface area contributed by atoms with Crippen molar-refractivity contribution < 1.29 is 4.74 Å². The topological polar surface area (TPSA) is 90.5 Å². The van der Waals surface area contributed by atoms with Crippen LogP contribution in [-0.4, -0.2) is 68.6 Å². The molecule has 7 nitrogen and oxygen atoms in total. The third-order valence-electron chi connectivity index (χ3n) is 6.45. The van der Waals surface area contributed by atoms with Gasteiger partial charge in [-0.05, 0) is 24.6 Å². The zero-order valence-electron chi connectivity index (χ0n) is 18.5. The van der Waals surface area contributed by atoms with Crippen molar-refractivity contribution in [3.8, 4) is 11.3 Å². The SMILES string of the molecule is Cc1c(CN2CCNCC2)sc2c(N3CCOCC3)nc(-c3cccc(N)c3C=N)cc12. The van der Waals surface area contributed by atoms with Crippen molar-refractivity contribution >= 4 is 39.1 Å². The number of rotatable bonds is 5. The normalized spacial score (nSPS) is 17.7. The number of piperazine rings is 1. The van der Waals surface area contributed by atoms with E-state index in [0.29, 0.717) is 5.69 Å². The van der Waals surface area contributed by atoms with Crippen molar-refractivity contribution in [3.05, 3.63) is 40.3 Å². The van der Waals surface area contributed by atoms with E-state index in [9.17, 15) is 0 Å². The summed E-state index contributed by atoms with van der Waals surface area (Å²) in [4.78, 5) is 11.4. The molecule has 168 valence electrons. The first kappa shape index (κ1) is 21.3. The minimum Gasteiger partial charge on any atom is -0.398 e. The van der Waals surface area contributed by atoms with Gasteiger partial charge in [-0.2, -0.15) is 0 Å². The van der Waals surface area contributed by atoms with E-state index in [-0.39, 0.29) is 0 Å². The standard InChI is InChI=1S/C24H30N6OS/c1-16-18-13-21(17-3-2-4-20(26)19(17)14-25)28-24(30-9-11-31-12-10-30)23(18)32-22(16)15-29-7-5-27-6-8-29/h2-4,13-14,25,27H,5-12,15,26H2,1H3. The quantitative estimate of drug-likeness (QED) is 0.409. The van der Waals surface area contributed by atoms with Gasteiger partial charge in [0.25, 0.3) is 0 Å². The molecule has 0 amide bonds. The Morgan fingerprint density at radius 3 is 2.75 bits per heavy atom. The van der Waals surface area contributed by atoms with E-state index in [1.54, 1.807) is 0 Å². The summed E-state index contributed by atoms with van der Waals surface area (Å²) in [6, 6.07) is 7.98. The fourth-order valence-corrected chi connectivity index (χ4v) is 5.91. The van der Waals surface area contributed by atoms with Crippen LogP contribution in [0, 0.1) is 12.3 Å². The van der Waals surface area contributed by atoms with Gasteiger partial charge < -0.3 is 26.1 Å².